The number of hydrogen-bond acceptors (Lipinski definition) is 5. The molecule has 2 rings (SSSR count). The van der Waals surface area contributed by atoms with Crippen LogP contribution in [0.4, 0.5) is 5.13 Å². The number of nitrogens with zero attached hydrogens (tertiary/aromatic N) is 1. The van der Waals surface area contributed by atoms with Gasteiger partial charge >= 0.3 is 0 Å². The number of hydrogen-bond donors (Lipinski definition) is 2. The molecule has 0 unspecified atom stereocenters. The van der Waals surface area contributed by atoms with Gasteiger partial charge in [0.15, 0.2) is 5.13 Å². The summed E-state index contributed by atoms with van der Waals surface area (Å²) in [5, 5.41) is 12.4. The summed E-state index contributed by atoms with van der Waals surface area (Å²) in [7, 11) is -3.68. The highest BCUT2D eigenvalue weighted by Crippen LogP contribution is 2.31. The Hall–Kier alpha value is -1.44. The van der Waals surface area contributed by atoms with Gasteiger partial charge in [-0.3, -0.25) is 4.72 Å². The van der Waals surface area contributed by atoms with E-state index in [0.717, 1.165) is 11.1 Å². The Morgan fingerprint density at radius 1 is 1.22 bits per heavy atom. The van der Waals surface area contributed by atoms with Gasteiger partial charge in [-0.1, -0.05) is 19.9 Å². The Kier molecular flexibility index (Phi) is 5.13. The maximum Gasteiger partial charge on any atom is 0.263 e. The van der Waals surface area contributed by atoms with Crippen molar-refractivity contribution < 1.29 is 13.5 Å². The lowest BCUT2D eigenvalue weighted by molar-refractivity contribution is 0.0247. The Balaban J connectivity index is 2.28. The van der Waals surface area contributed by atoms with Gasteiger partial charge in [-0.25, -0.2) is 13.4 Å². The first-order valence-corrected chi connectivity index (χ1v) is 9.86. The van der Waals surface area contributed by atoms with Crippen molar-refractivity contribution in [3.05, 3.63) is 40.4 Å². The second-order valence-corrected chi connectivity index (χ2v) is 8.17. The number of sulfonamides is 1. The summed E-state index contributed by atoms with van der Waals surface area (Å²) in [5.41, 5.74) is 1.45. The van der Waals surface area contributed by atoms with Gasteiger partial charge in [-0.15, -0.1) is 11.3 Å². The molecule has 7 heteroatoms. The Morgan fingerprint density at radius 2 is 1.87 bits per heavy atom. The van der Waals surface area contributed by atoms with Crippen LogP contribution in [0.5, 0.6) is 0 Å². The summed E-state index contributed by atoms with van der Waals surface area (Å²) in [5.74, 6) is 0. The van der Waals surface area contributed by atoms with E-state index < -0.39 is 15.6 Å². The van der Waals surface area contributed by atoms with Crippen LogP contribution in [-0.4, -0.2) is 18.5 Å². The molecule has 0 saturated carbocycles. The van der Waals surface area contributed by atoms with Gasteiger partial charge < -0.3 is 5.11 Å². The van der Waals surface area contributed by atoms with E-state index in [4.69, 9.17) is 0 Å². The Bertz CT molecular complexity index is 793. The van der Waals surface area contributed by atoms with Gasteiger partial charge in [0.1, 0.15) is 5.60 Å². The van der Waals surface area contributed by atoms with Crippen molar-refractivity contribution in [3.8, 4) is 0 Å². The van der Waals surface area contributed by atoms with E-state index in [2.05, 4.69) is 9.71 Å². The Labute approximate surface area is 141 Å². The molecule has 0 bridgehead atoms. The molecule has 0 aliphatic carbocycles. The molecule has 1 aromatic heterocycles. The Morgan fingerprint density at radius 3 is 2.43 bits per heavy atom. The average Bonchev–Trinajstić information content (AvgIpc) is 2.97. The molecule has 0 aliphatic rings. The fourth-order valence-electron chi connectivity index (χ4n) is 2.20. The van der Waals surface area contributed by atoms with E-state index >= 15 is 0 Å². The average molecular weight is 354 g/mol. The maximum atomic E-state index is 12.5. The van der Waals surface area contributed by atoms with Gasteiger partial charge in [0.05, 0.1) is 10.6 Å². The molecule has 2 aromatic rings. The third-order valence-electron chi connectivity index (χ3n) is 4.16. The minimum absolute atomic E-state index is 0.207. The van der Waals surface area contributed by atoms with Gasteiger partial charge in [0.25, 0.3) is 10.0 Å². The number of benzene rings is 1. The lowest BCUT2D eigenvalue weighted by atomic mass is 9.94. The minimum Gasteiger partial charge on any atom is -0.384 e. The van der Waals surface area contributed by atoms with Gasteiger partial charge in [-0.2, -0.15) is 0 Å². The number of aryl methyl sites for hydroxylation is 2. The zero-order valence-corrected chi connectivity index (χ0v) is 15.4. The van der Waals surface area contributed by atoms with Crippen LogP contribution < -0.4 is 4.72 Å². The number of aromatic nitrogens is 1. The van der Waals surface area contributed by atoms with Crippen LogP contribution in [0.3, 0.4) is 0 Å². The maximum absolute atomic E-state index is 12.5. The molecule has 1 heterocycles. The first-order valence-electron chi connectivity index (χ1n) is 7.50. The third kappa shape index (κ3) is 3.73. The monoisotopic (exact) mass is 354 g/mol. The smallest absolute Gasteiger partial charge is 0.263 e. The SMILES string of the molecule is CCC(O)(CC)c1csc(NS(=O)(=O)c2ccc(C)c(C)c2)n1. The third-order valence-corrected chi connectivity index (χ3v) is 6.38. The molecule has 0 amide bonds. The second-order valence-electron chi connectivity index (χ2n) is 5.63. The van der Waals surface area contributed by atoms with E-state index in [9.17, 15) is 13.5 Å². The van der Waals surface area contributed by atoms with Gasteiger partial charge in [-0.05, 0) is 49.9 Å². The minimum atomic E-state index is -3.68. The van der Waals surface area contributed by atoms with Gasteiger partial charge in [0.2, 0.25) is 0 Å². The second kappa shape index (κ2) is 6.59. The van der Waals surface area contributed by atoms with Crippen LogP contribution in [0.25, 0.3) is 0 Å². The quantitative estimate of drug-likeness (QED) is 0.831. The van der Waals surface area contributed by atoms with E-state index in [-0.39, 0.29) is 10.0 Å². The molecular weight excluding hydrogens is 332 g/mol. The van der Waals surface area contributed by atoms with Crippen molar-refractivity contribution in [3.63, 3.8) is 0 Å². The zero-order chi connectivity index (χ0) is 17.3. The number of anilines is 1. The highest BCUT2D eigenvalue weighted by atomic mass is 32.2. The van der Waals surface area contributed by atoms with Crippen LogP contribution in [-0.2, 0) is 15.6 Å². The van der Waals surface area contributed by atoms with Crippen molar-refractivity contribution in [2.45, 2.75) is 51.0 Å². The molecule has 0 spiro atoms. The van der Waals surface area contributed by atoms with Crippen LogP contribution in [0.1, 0.15) is 43.5 Å². The molecule has 0 atom stereocenters. The van der Waals surface area contributed by atoms with E-state index in [1.165, 1.54) is 11.3 Å². The molecule has 126 valence electrons. The molecular formula is C16H22N2O3S2. The first kappa shape index (κ1) is 17.9. The molecule has 0 aliphatic heterocycles. The molecule has 0 fully saturated rings. The molecule has 2 N–H and O–H groups in total. The number of aliphatic hydroxyl groups is 1. The highest BCUT2D eigenvalue weighted by molar-refractivity contribution is 7.93. The summed E-state index contributed by atoms with van der Waals surface area (Å²) < 4.78 is 27.4. The fraction of sp³-hybridized carbons (Fsp3) is 0.438. The van der Waals surface area contributed by atoms with Crippen molar-refractivity contribution >= 4 is 26.5 Å². The lowest BCUT2D eigenvalue weighted by Gasteiger charge is -2.22. The molecule has 0 saturated heterocycles. The van der Waals surface area contributed by atoms with Crippen molar-refractivity contribution in [2.75, 3.05) is 4.72 Å². The van der Waals surface area contributed by atoms with Gasteiger partial charge in [0, 0.05) is 5.38 Å². The zero-order valence-electron chi connectivity index (χ0n) is 13.8. The van der Waals surface area contributed by atoms with Crippen molar-refractivity contribution in [1.82, 2.24) is 4.98 Å². The number of nitrogens with one attached hydrogen (secondary N) is 1. The summed E-state index contributed by atoms with van der Waals surface area (Å²) in [6.07, 6.45) is 1.05. The van der Waals surface area contributed by atoms with E-state index in [0.29, 0.717) is 18.5 Å². The normalized spacial score (nSPS) is 12.4. The highest BCUT2D eigenvalue weighted by Gasteiger charge is 2.28. The molecule has 23 heavy (non-hydrogen) atoms. The number of thiazole rings is 1. The van der Waals surface area contributed by atoms with Crippen molar-refractivity contribution in [1.29, 1.82) is 0 Å². The molecule has 5 nitrogen and oxygen atoms in total. The van der Waals surface area contributed by atoms with Crippen LogP contribution in [0, 0.1) is 13.8 Å². The van der Waals surface area contributed by atoms with E-state index in [1.807, 2.05) is 27.7 Å². The summed E-state index contributed by atoms with van der Waals surface area (Å²) >= 11 is 1.17. The predicted octanol–water partition coefficient (Wildman–Crippen LogP) is 3.57. The van der Waals surface area contributed by atoms with E-state index in [1.54, 1.807) is 23.6 Å². The van der Waals surface area contributed by atoms with Crippen LogP contribution in [0.15, 0.2) is 28.5 Å². The lowest BCUT2D eigenvalue weighted by Crippen LogP contribution is -2.24. The van der Waals surface area contributed by atoms with Crippen LogP contribution in [0.2, 0.25) is 0 Å². The summed E-state index contributed by atoms with van der Waals surface area (Å²) in [4.78, 5) is 4.46. The largest absolute Gasteiger partial charge is 0.384 e. The summed E-state index contributed by atoms with van der Waals surface area (Å²) in [6.45, 7) is 7.56. The van der Waals surface area contributed by atoms with Crippen molar-refractivity contribution in [2.24, 2.45) is 0 Å². The fourth-order valence-corrected chi connectivity index (χ4v) is 4.34. The summed E-state index contributed by atoms with van der Waals surface area (Å²) in [6, 6.07) is 5.00. The predicted molar refractivity (Wildman–Crippen MR) is 93.3 cm³/mol. The van der Waals surface area contributed by atoms with Crippen LogP contribution >= 0.6 is 11.3 Å². The topological polar surface area (TPSA) is 79.3 Å². The number of rotatable bonds is 6. The standard InChI is InChI=1S/C16H22N2O3S2/c1-5-16(19,6-2)14-10-22-15(17-14)18-23(20,21)13-8-7-11(3)12(4)9-13/h7-10,19H,5-6H2,1-4H3,(H,17,18). The molecule has 0 radical (unpaired) electrons. The first-order chi connectivity index (χ1) is 10.7. The molecule has 1 aromatic carbocycles.